The molecule has 382 valence electrons. The second-order valence-electron chi connectivity index (χ2n) is 21.0. The van der Waals surface area contributed by atoms with Crippen LogP contribution in [-0.4, -0.2) is 155 Å². The van der Waals surface area contributed by atoms with Crippen LogP contribution in [0.2, 0.25) is 0 Å². The molecule has 0 bridgehead atoms. The first-order valence-corrected chi connectivity index (χ1v) is 25.7. The third kappa shape index (κ3) is 11.3. The molecule has 0 saturated carbocycles. The van der Waals surface area contributed by atoms with Gasteiger partial charge in [-0.2, -0.15) is 0 Å². The van der Waals surface area contributed by atoms with E-state index in [0.29, 0.717) is 18.6 Å². The zero-order chi connectivity index (χ0) is 50.0. The first kappa shape index (κ1) is 54.6. The van der Waals surface area contributed by atoms with Crippen LogP contribution in [0.15, 0.2) is 36.5 Å². The molecule has 1 aromatic carbocycles. The number of nitrogens with zero attached hydrogens (tertiary/aromatic N) is 2. The topological polar surface area (TPSA) is 182 Å². The predicted molar refractivity (Wildman–Crippen MR) is 259 cm³/mol. The van der Waals surface area contributed by atoms with Crippen LogP contribution in [0.4, 0.5) is 0 Å². The van der Waals surface area contributed by atoms with E-state index in [-0.39, 0.29) is 30.8 Å². The number of pyridine rings is 1. The lowest BCUT2D eigenvalue weighted by molar-refractivity contribution is -0.319. The van der Waals surface area contributed by atoms with Gasteiger partial charge in [0.2, 0.25) is 0 Å². The molecule has 0 spiro atoms. The Morgan fingerprint density at radius 2 is 1.60 bits per heavy atom. The molecule has 16 heteroatoms. The molecule has 19 atom stereocenters. The molecular weight excluding hydrogens is 893 g/mol. The molecule has 3 unspecified atom stereocenters. The first-order valence-electron chi connectivity index (χ1n) is 24.7. The highest BCUT2D eigenvalue weighted by Gasteiger charge is 2.62. The van der Waals surface area contributed by atoms with Crippen LogP contribution in [0, 0.1) is 29.6 Å². The number of Topliss-reactive ketones (excluding diaryl/α,β-unsaturated/α-hetero) is 1. The minimum atomic E-state index is -1.35. The van der Waals surface area contributed by atoms with Gasteiger partial charge in [0.15, 0.2) is 18.2 Å². The number of esters is 2. The fourth-order valence-corrected chi connectivity index (χ4v) is 13.1. The smallest absolute Gasteiger partial charge is 0.320 e. The quantitative estimate of drug-likeness (QED) is 0.163. The Morgan fingerprint density at radius 3 is 2.26 bits per heavy atom. The van der Waals surface area contributed by atoms with Crippen molar-refractivity contribution >= 4 is 40.4 Å². The van der Waals surface area contributed by atoms with Crippen LogP contribution in [0.3, 0.4) is 0 Å². The number of ether oxygens (including phenoxy) is 8. The van der Waals surface area contributed by atoms with E-state index >= 15 is 4.79 Å². The number of likely N-dealkylation sites (N-methyl/N-ethyl adjacent to an activating group) is 1. The van der Waals surface area contributed by atoms with E-state index in [1.54, 1.807) is 41.0 Å². The van der Waals surface area contributed by atoms with E-state index in [1.807, 2.05) is 78.7 Å². The molecule has 4 aliphatic rings. The Labute approximate surface area is 408 Å². The summed E-state index contributed by atoms with van der Waals surface area (Å²) in [5, 5.41) is 23.3. The highest BCUT2D eigenvalue weighted by molar-refractivity contribution is 8.00. The Hall–Kier alpha value is -2.77. The number of aliphatic hydroxyl groups is 2. The summed E-state index contributed by atoms with van der Waals surface area (Å²) in [4.78, 5) is 50.7. The number of carbonyl (C=O) groups excluding carboxylic acids is 3. The minimum absolute atomic E-state index is 0.0961. The maximum atomic E-state index is 15.1. The van der Waals surface area contributed by atoms with Crippen LogP contribution < -0.4 is 0 Å². The lowest BCUT2D eigenvalue weighted by atomic mass is 9.70. The number of methoxy groups -OCH3 is 2. The Bertz CT molecular complexity index is 2040. The molecule has 4 saturated heterocycles. The number of ketones is 1. The first-order chi connectivity index (χ1) is 32.0. The summed E-state index contributed by atoms with van der Waals surface area (Å²) in [5.74, 6) is -4.19. The van der Waals surface area contributed by atoms with Crippen molar-refractivity contribution in [3.63, 3.8) is 0 Å². The van der Waals surface area contributed by atoms with Gasteiger partial charge in [0.25, 0.3) is 0 Å². The van der Waals surface area contributed by atoms with Gasteiger partial charge in [-0.1, -0.05) is 39.8 Å². The van der Waals surface area contributed by atoms with Gasteiger partial charge in [-0.3, -0.25) is 19.4 Å². The molecule has 4 aliphatic heterocycles. The van der Waals surface area contributed by atoms with Gasteiger partial charge in [0.05, 0.1) is 47.1 Å². The zero-order valence-electron chi connectivity index (χ0n) is 42.8. The molecular formula is C52H80N2O13S. The highest BCUT2D eigenvalue weighted by Crippen LogP contribution is 2.49. The summed E-state index contributed by atoms with van der Waals surface area (Å²) in [6.45, 7) is 18.4. The van der Waals surface area contributed by atoms with E-state index in [1.165, 1.54) is 24.4 Å². The molecule has 0 amide bonds. The monoisotopic (exact) mass is 973 g/mol. The fraction of sp³-hybridized carbons (Fsp3) is 0.769. The van der Waals surface area contributed by atoms with Gasteiger partial charge >= 0.3 is 11.9 Å². The largest absolute Gasteiger partial charge is 0.458 e. The second kappa shape index (κ2) is 22.3. The average Bonchev–Trinajstić information content (AvgIpc) is 3.57. The van der Waals surface area contributed by atoms with E-state index in [9.17, 15) is 19.8 Å². The number of cyclic esters (lactones) is 1. The van der Waals surface area contributed by atoms with Crippen LogP contribution in [0.25, 0.3) is 10.9 Å². The van der Waals surface area contributed by atoms with Crippen molar-refractivity contribution in [2.75, 3.05) is 34.1 Å². The standard InChI is InChI=1S/C52H80N2O13S/c1-15-38-52(10)40(44(48(59)67-52)68-23-17-18-34-20-21-36-35(25-34)19-16-22-53-36)30(4)41(55)28(2)26-51(9,61-14)46(66-49-42(56)37(54(11)12)24-29(3)62-49)31(5)43(32(6)47(58)64-38)65-39-27-50(8,60-13)45(57)33(7)63-39/h16,19-22,25,28-33,37-40,42-46,49,56-57H,15,17-18,23-24,26-27H2,1-14H3/t28-,29-,30?,31+,32-,33-,37+,38-,39+,40?,42-,43+,44?,45+,46-,49+,50-,51-,52-/m1/s1. The van der Waals surface area contributed by atoms with E-state index < -0.39 is 113 Å². The Morgan fingerprint density at radius 1 is 0.897 bits per heavy atom. The summed E-state index contributed by atoms with van der Waals surface area (Å²) < 4.78 is 51.8. The van der Waals surface area contributed by atoms with Crippen molar-refractivity contribution < 1.29 is 62.5 Å². The third-order valence-electron chi connectivity index (χ3n) is 15.8. The molecule has 1 aromatic heterocycles. The molecule has 68 heavy (non-hydrogen) atoms. The summed E-state index contributed by atoms with van der Waals surface area (Å²) in [5.41, 5.74) is -1.54. The minimum Gasteiger partial charge on any atom is -0.458 e. The summed E-state index contributed by atoms with van der Waals surface area (Å²) in [6, 6.07) is 9.92. The van der Waals surface area contributed by atoms with Crippen LogP contribution >= 0.6 is 11.8 Å². The number of aryl methyl sites for hydroxylation is 1. The van der Waals surface area contributed by atoms with Crippen molar-refractivity contribution in [2.24, 2.45) is 29.6 Å². The fourth-order valence-electron chi connectivity index (χ4n) is 11.7. The normalized spacial score (nSPS) is 42.1. The lowest BCUT2D eigenvalue weighted by Crippen LogP contribution is -2.61. The van der Waals surface area contributed by atoms with E-state index in [0.717, 1.165) is 23.7 Å². The van der Waals surface area contributed by atoms with Crippen molar-refractivity contribution in [1.82, 2.24) is 9.88 Å². The molecule has 2 aromatic rings. The van der Waals surface area contributed by atoms with Gasteiger partial charge < -0.3 is 53.0 Å². The summed E-state index contributed by atoms with van der Waals surface area (Å²) >= 11 is 1.49. The molecule has 5 heterocycles. The van der Waals surface area contributed by atoms with Gasteiger partial charge in [-0.05, 0) is 117 Å². The molecule has 6 rings (SSSR count). The number of aliphatic hydroxyl groups excluding tert-OH is 2. The predicted octanol–water partition coefficient (Wildman–Crippen LogP) is 6.54. The van der Waals surface area contributed by atoms with Crippen LogP contribution in [-0.2, 0) is 58.7 Å². The summed E-state index contributed by atoms with van der Waals surface area (Å²) in [7, 11) is 6.89. The molecule has 15 nitrogen and oxygen atoms in total. The highest BCUT2D eigenvalue weighted by atomic mass is 32.2. The number of thioether (sulfide) groups is 1. The number of benzene rings is 1. The number of rotatable bonds is 13. The van der Waals surface area contributed by atoms with E-state index in [2.05, 4.69) is 17.1 Å². The number of fused-ring (bicyclic) bond motifs is 2. The molecule has 4 fully saturated rings. The number of hydrogen-bond acceptors (Lipinski definition) is 16. The van der Waals surface area contributed by atoms with E-state index in [4.69, 9.17) is 37.9 Å². The van der Waals surface area contributed by atoms with Crippen molar-refractivity contribution in [2.45, 2.75) is 191 Å². The van der Waals surface area contributed by atoms with Gasteiger partial charge in [0, 0.05) is 61.9 Å². The van der Waals surface area contributed by atoms with Gasteiger partial charge in [-0.15, -0.1) is 11.8 Å². The third-order valence-corrected chi connectivity index (χ3v) is 17.2. The SMILES string of the molecule is CC[C@H]1OC(=O)[C@H](C)[C@@H](O[C@H]2C[C@@](C)(OC)[C@@H](O)[C@@H](C)O2)[C@H](C)[C@@H](O[C@@H]2O[C@H](C)C[C@H](N(C)C)[C@H]2O)[C@](C)(OC)C[C@@H](C)C(=O)C(C)C2C(SCCCc3ccc4ncccc4c3)C(=O)O[C@@]21C. The number of aromatic nitrogens is 1. The summed E-state index contributed by atoms with van der Waals surface area (Å²) in [6.07, 6.45) is -3.39. The average molecular weight is 973 g/mol. The van der Waals surface area contributed by atoms with Crippen molar-refractivity contribution in [1.29, 1.82) is 0 Å². The van der Waals surface area contributed by atoms with Crippen molar-refractivity contribution in [3.8, 4) is 0 Å². The van der Waals surface area contributed by atoms with Crippen LogP contribution in [0.1, 0.15) is 107 Å². The zero-order valence-corrected chi connectivity index (χ0v) is 43.7. The Balaban J connectivity index is 1.38. The number of carbonyl (C=O) groups is 3. The molecule has 2 N–H and O–H groups in total. The lowest BCUT2D eigenvalue weighted by Gasteiger charge is -2.50. The van der Waals surface area contributed by atoms with Gasteiger partial charge in [-0.25, -0.2) is 0 Å². The van der Waals surface area contributed by atoms with Gasteiger partial charge in [0.1, 0.15) is 29.3 Å². The molecule has 0 aliphatic carbocycles. The van der Waals surface area contributed by atoms with Crippen LogP contribution in [0.5, 0.6) is 0 Å². The molecule has 0 radical (unpaired) electrons. The second-order valence-corrected chi connectivity index (χ2v) is 22.3. The maximum absolute atomic E-state index is 15.1. The number of hydrogen-bond donors (Lipinski definition) is 2. The maximum Gasteiger partial charge on any atom is 0.320 e. The van der Waals surface area contributed by atoms with Crippen molar-refractivity contribution in [3.05, 3.63) is 42.1 Å². The Kier molecular flexibility index (Phi) is 17.9.